The van der Waals surface area contributed by atoms with Crippen molar-refractivity contribution < 1.29 is 14.3 Å². The molecule has 2 unspecified atom stereocenters. The number of allylic oxidation sites excluding steroid dienone is 2. The number of esters is 1. The molecule has 180 valence electrons. The maximum absolute atomic E-state index is 13.2. The number of hydrogen-bond donors (Lipinski definition) is 0. The summed E-state index contributed by atoms with van der Waals surface area (Å²) in [7, 11) is 0. The highest BCUT2D eigenvalue weighted by atomic mass is 32.1. The van der Waals surface area contributed by atoms with E-state index in [1.807, 2.05) is 27.7 Å². The van der Waals surface area contributed by atoms with Gasteiger partial charge >= 0.3 is 5.97 Å². The summed E-state index contributed by atoms with van der Waals surface area (Å²) in [5.41, 5.74) is 4.68. The molecule has 0 saturated carbocycles. The van der Waals surface area contributed by atoms with Crippen molar-refractivity contribution in [2.45, 2.75) is 92.3 Å². The fraction of sp³-hybridized carbons (Fsp3) is 0.552. The Hall–Kier alpha value is -1.91. The number of hydrogen-bond acceptors (Lipinski definition) is 4. The number of aryl methyl sites for hydroxylation is 1. The molecule has 1 aliphatic rings. The molecule has 0 aliphatic heterocycles. The van der Waals surface area contributed by atoms with Gasteiger partial charge in [0.05, 0.1) is 12.2 Å². The number of rotatable bonds is 7. The molecule has 2 atom stereocenters. The zero-order valence-electron chi connectivity index (χ0n) is 21.6. The lowest BCUT2D eigenvalue weighted by Crippen LogP contribution is -2.29. The van der Waals surface area contributed by atoms with Gasteiger partial charge in [-0.3, -0.25) is 0 Å². The van der Waals surface area contributed by atoms with E-state index in [0.717, 1.165) is 29.7 Å². The molecule has 0 fully saturated rings. The standard InChI is InChI=1S/C29H40O3S/c1-9-31-27(30)25(32-28(4,5)6)23-20(3)33-26(19(2)21-13-11-10-12-14-21)24(23)22-15-17-29(7,8)18-16-22/h10-15,19,25H,9,16-18H2,1-8H3. The van der Waals surface area contributed by atoms with Gasteiger partial charge in [0.25, 0.3) is 0 Å². The minimum absolute atomic E-state index is 0.229. The molecule has 1 aromatic carbocycles. The van der Waals surface area contributed by atoms with Gasteiger partial charge in [-0.05, 0) is 76.0 Å². The Morgan fingerprint density at radius 3 is 2.39 bits per heavy atom. The largest absolute Gasteiger partial charge is 0.464 e. The number of benzene rings is 1. The third kappa shape index (κ3) is 6.16. The molecular formula is C29H40O3S. The van der Waals surface area contributed by atoms with E-state index in [4.69, 9.17) is 9.47 Å². The summed E-state index contributed by atoms with van der Waals surface area (Å²) in [6.07, 6.45) is 4.85. The molecule has 1 heterocycles. The van der Waals surface area contributed by atoms with E-state index in [2.05, 4.69) is 64.1 Å². The van der Waals surface area contributed by atoms with Crippen LogP contribution >= 0.6 is 11.3 Å². The highest BCUT2D eigenvalue weighted by Crippen LogP contribution is 2.48. The third-order valence-corrected chi connectivity index (χ3v) is 7.68. The monoisotopic (exact) mass is 468 g/mol. The van der Waals surface area contributed by atoms with E-state index < -0.39 is 11.7 Å². The first kappa shape index (κ1) is 25.7. The summed E-state index contributed by atoms with van der Waals surface area (Å²) < 4.78 is 11.9. The normalized spacial score (nSPS) is 17.9. The molecule has 3 nitrogen and oxygen atoms in total. The van der Waals surface area contributed by atoms with Crippen molar-refractivity contribution in [1.29, 1.82) is 0 Å². The van der Waals surface area contributed by atoms with E-state index in [9.17, 15) is 4.79 Å². The van der Waals surface area contributed by atoms with Gasteiger partial charge in [-0.25, -0.2) is 4.79 Å². The second-order valence-corrected chi connectivity index (χ2v) is 12.2. The second kappa shape index (κ2) is 10.1. The fourth-order valence-corrected chi connectivity index (χ4v) is 5.83. The topological polar surface area (TPSA) is 35.5 Å². The Balaban J connectivity index is 2.21. The van der Waals surface area contributed by atoms with Crippen LogP contribution in [0.1, 0.15) is 106 Å². The highest BCUT2D eigenvalue weighted by molar-refractivity contribution is 7.12. The van der Waals surface area contributed by atoms with Gasteiger partial charge in [-0.1, -0.05) is 57.2 Å². The number of ether oxygens (including phenoxy) is 2. The molecule has 0 amide bonds. The average molecular weight is 469 g/mol. The van der Waals surface area contributed by atoms with Crippen LogP contribution in [0, 0.1) is 12.3 Å². The van der Waals surface area contributed by atoms with Crippen LogP contribution in [0.15, 0.2) is 36.4 Å². The van der Waals surface area contributed by atoms with Crippen LogP contribution in [0.3, 0.4) is 0 Å². The molecule has 33 heavy (non-hydrogen) atoms. The zero-order valence-corrected chi connectivity index (χ0v) is 22.4. The van der Waals surface area contributed by atoms with Crippen LogP contribution in [0.25, 0.3) is 5.57 Å². The lowest BCUT2D eigenvalue weighted by molar-refractivity contribution is -0.166. The van der Waals surface area contributed by atoms with Gasteiger partial charge in [0.1, 0.15) is 0 Å². The predicted molar refractivity (Wildman–Crippen MR) is 139 cm³/mol. The van der Waals surface area contributed by atoms with Crippen LogP contribution in [0.2, 0.25) is 0 Å². The molecule has 1 aromatic heterocycles. The van der Waals surface area contributed by atoms with Gasteiger partial charge in [-0.2, -0.15) is 0 Å². The molecule has 0 spiro atoms. The Morgan fingerprint density at radius 2 is 1.85 bits per heavy atom. The Labute approximate surface area is 204 Å². The van der Waals surface area contributed by atoms with E-state index >= 15 is 0 Å². The summed E-state index contributed by atoms with van der Waals surface area (Å²) in [5, 5.41) is 0. The minimum atomic E-state index is -0.733. The summed E-state index contributed by atoms with van der Waals surface area (Å²) in [4.78, 5) is 15.6. The molecule has 0 N–H and O–H groups in total. The van der Waals surface area contributed by atoms with Crippen molar-refractivity contribution >= 4 is 22.9 Å². The lowest BCUT2D eigenvalue weighted by Gasteiger charge is -2.31. The molecular weight excluding hydrogens is 428 g/mol. The van der Waals surface area contributed by atoms with Gasteiger partial charge in [0.15, 0.2) is 6.10 Å². The van der Waals surface area contributed by atoms with Crippen molar-refractivity contribution in [3.05, 3.63) is 62.9 Å². The number of thiophene rings is 1. The van der Waals surface area contributed by atoms with E-state index in [0.29, 0.717) is 12.0 Å². The second-order valence-electron chi connectivity index (χ2n) is 10.9. The van der Waals surface area contributed by atoms with Crippen molar-refractivity contribution in [2.24, 2.45) is 5.41 Å². The molecule has 0 saturated heterocycles. The molecule has 0 radical (unpaired) electrons. The van der Waals surface area contributed by atoms with Crippen LogP contribution in [0.5, 0.6) is 0 Å². The predicted octanol–water partition coefficient (Wildman–Crippen LogP) is 8.22. The highest BCUT2D eigenvalue weighted by Gasteiger charge is 2.36. The van der Waals surface area contributed by atoms with Crippen LogP contribution in [-0.2, 0) is 14.3 Å². The van der Waals surface area contributed by atoms with Crippen molar-refractivity contribution in [1.82, 2.24) is 0 Å². The third-order valence-electron chi connectivity index (χ3n) is 6.38. The number of carbonyl (C=O) groups excluding carboxylic acids is 1. The molecule has 3 rings (SSSR count). The van der Waals surface area contributed by atoms with Crippen molar-refractivity contribution in [3.8, 4) is 0 Å². The Morgan fingerprint density at radius 1 is 1.18 bits per heavy atom. The van der Waals surface area contributed by atoms with Crippen LogP contribution in [0.4, 0.5) is 0 Å². The molecule has 0 bridgehead atoms. The summed E-state index contributed by atoms with van der Waals surface area (Å²) in [5.74, 6) is -0.0720. The fourth-order valence-electron chi connectivity index (χ4n) is 4.52. The average Bonchev–Trinajstić information content (AvgIpc) is 3.08. The SMILES string of the molecule is CCOC(=O)C(OC(C)(C)C)c1c(C)sc(C(C)c2ccccc2)c1C1=CCC(C)(C)CC1. The quantitative estimate of drug-likeness (QED) is 0.384. The van der Waals surface area contributed by atoms with Crippen molar-refractivity contribution in [3.63, 3.8) is 0 Å². The van der Waals surface area contributed by atoms with Gasteiger partial charge < -0.3 is 9.47 Å². The van der Waals surface area contributed by atoms with Gasteiger partial charge in [0.2, 0.25) is 0 Å². The summed E-state index contributed by atoms with van der Waals surface area (Å²) in [6.45, 7) is 17.2. The Bertz CT molecular complexity index is 992. The molecule has 2 aromatic rings. The maximum Gasteiger partial charge on any atom is 0.340 e. The van der Waals surface area contributed by atoms with E-state index in [-0.39, 0.29) is 11.9 Å². The smallest absolute Gasteiger partial charge is 0.340 e. The molecule has 1 aliphatic carbocycles. The lowest BCUT2D eigenvalue weighted by atomic mass is 9.75. The summed E-state index contributed by atoms with van der Waals surface area (Å²) >= 11 is 1.80. The number of carbonyl (C=O) groups is 1. The molecule has 4 heteroatoms. The Kier molecular flexibility index (Phi) is 7.91. The van der Waals surface area contributed by atoms with Crippen molar-refractivity contribution in [2.75, 3.05) is 6.61 Å². The van der Waals surface area contributed by atoms with Gasteiger partial charge in [0, 0.05) is 21.2 Å². The zero-order chi connectivity index (χ0) is 24.4. The first-order chi connectivity index (χ1) is 15.4. The first-order valence-electron chi connectivity index (χ1n) is 12.2. The maximum atomic E-state index is 13.2. The van der Waals surface area contributed by atoms with Crippen LogP contribution in [-0.4, -0.2) is 18.2 Å². The minimum Gasteiger partial charge on any atom is -0.464 e. The van der Waals surface area contributed by atoms with E-state index in [1.165, 1.54) is 21.6 Å². The van der Waals surface area contributed by atoms with Gasteiger partial charge in [-0.15, -0.1) is 11.3 Å². The summed E-state index contributed by atoms with van der Waals surface area (Å²) in [6, 6.07) is 10.6. The van der Waals surface area contributed by atoms with E-state index in [1.54, 1.807) is 11.3 Å². The van der Waals surface area contributed by atoms with Crippen LogP contribution < -0.4 is 0 Å². The first-order valence-corrected chi connectivity index (χ1v) is 13.0.